The molecule has 1 rings (SSSR count). The average Bonchev–Trinajstić information content (AvgIpc) is 2.25. The maximum atomic E-state index is 10.2. The number of aliphatic carboxylic acids is 1. The zero-order chi connectivity index (χ0) is 11.3. The van der Waals surface area contributed by atoms with Crippen molar-refractivity contribution in [2.24, 2.45) is 0 Å². The Labute approximate surface area is 117 Å². The van der Waals surface area contributed by atoms with Gasteiger partial charge < -0.3 is 19.4 Å². The van der Waals surface area contributed by atoms with Crippen LogP contribution in [0.2, 0.25) is 0 Å². The van der Waals surface area contributed by atoms with E-state index in [0.717, 1.165) is 12.0 Å². The van der Waals surface area contributed by atoms with E-state index in [1.54, 1.807) is 6.07 Å². The number of aryl methyl sites for hydroxylation is 1. The van der Waals surface area contributed by atoms with Crippen LogP contribution in [-0.2, 0) is 11.2 Å². The van der Waals surface area contributed by atoms with E-state index >= 15 is 0 Å². The Morgan fingerprint density at radius 2 is 2.06 bits per heavy atom. The molecule has 0 spiro atoms. The number of carboxylic acid groups (broad SMARTS) is 1. The van der Waals surface area contributed by atoms with Crippen LogP contribution in [0.4, 0.5) is 0 Å². The first kappa shape index (κ1) is 15.3. The third-order valence-corrected chi connectivity index (χ3v) is 1.98. The average molecular weight is 232 g/mol. The van der Waals surface area contributed by atoms with Crippen LogP contribution in [0.15, 0.2) is 18.2 Å². The number of carbonyl (C=O) groups excluding carboxylic acids is 1. The molecule has 82 valence electrons. The first-order valence-corrected chi connectivity index (χ1v) is 4.67. The van der Waals surface area contributed by atoms with Crippen molar-refractivity contribution in [2.45, 2.75) is 13.3 Å². The van der Waals surface area contributed by atoms with Gasteiger partial charge in [0.15, 0.2) is 11.5 Å². The van der Waals surface area contributed by atoms with Crippen LogP contribution in [0.5, 0.6) is 11.5 Å². The minimum atomic E-state index is -1.25. The van der Waals surface area contributed by atoms with Gasteiger partial charge in [-0.15, -0.1) is 0 Å². The quantitative estimate of drug-likeness (QED) is 0.522. The van der Waals surface area contributed by atoms with Crippen molar-refractivity contribution in [1.82, 2.24) is 0 Å². The molecule has 0 aliphatic rings. The number of hydrogen-bond donors (Lipinski definition) is 0. The summed E-state index contributed by atoms with van der Waals surface area (Å²) in [6.07, 6.45) is 0.886. The Morgan fingerprint density at radius 3 is 2.56 bits per heavy atom. The van der Waals surface area contributed by atoms with Gasteiger partial charge in [0.05, 0.1) is 13.1 Å². The van der Waals surface area contributed by atoms with Gasteiger partial charge in [-0.2, -0.15) is 0 Å². The van der Waals surface area contributed by atoms with E-state index < -0.39 is 12.6 Å². The van der Waals surface area contributed by atoms with Crippen molar-refractivity contribution >= 4 is 5.97 Å². The van der Waals surface area contributed by atoms with Crippen LogP contribution in [0.3, 0.4) is 0 Å². The predicted molar refractivity (Wildman–Crippen MR) is 52.9 cm³/mol. The molecule has 0 fully saturated rings. The molecule has 16 heavy (non-hydrogen) atoms. The molecule has 0 amide bonds. The molecule has 0 bridgehead atoms. The van der Waals surface area contributed by atoms with E-state index in [9.17, 15) is 9.90 Å². The molecule has 0 N–H and O–H groups in total. The molecule has 0 heterocycles. The molecule has 0 radical (unpaired) electrons. The van der Waals surface area contributed by atoms with Crippen molar-refractivity contribution in [3.05, 3.63) is 23.8 Å². The summed E-state index contributed by atoms with van der Waals surface area (Å²) in [4.78, 5) is 10.2. The maximum Gasteiger partial charge on any atom is 1.00 e. The van der Waals surface area contributed by atoms with Gasteiger partial charge in [-0.3, -0.25) is 0 Å². The Bertz CT molecular complexity index is 352. The molecule has 0 aromatic heterocycles. The van der Waals surface area contributed by atoms with Crippen molar-refractivity contribution in [1.29, 1.82) is 0 Å². The van der Waals surface area contributed by atoms with Crippen LogP contribution >= 0.6 is 0 Å². The number of hydrogen-bond acceptors (Lipinski definition) is 4. The largest absolute Gasteiger partial charge is 1.00 e. The molecule has 0 saturated carbocycles. The number of benzene rings is 1. The second kappa shape index (κ2) is 7.54. The SMILES string of the molecule is CCc1ccc(OCC(=O)[O-])c(OC)c1.[Na+]. The topological polar surface area (TPSA) is 58.6 Å². The summed E-state index contributed by atoms with van der Waals surface area (Å²) in [7, 11) is 1.51. The van der Waals surface area contributed by atoms with Crippen molar-refractivity contribution in [3.63, 3.8) is 0 Å². The van der Waals surface area contributed by atoms with E-state index in [0.29, 0.717) is 11.5 Å². The van der Waals surface area contributed by atoms with Gasteiger partial charge in [0.1, 0.15) is 6.61 Å². The second-order valence-electron chi connectivity index (χ2n) is 3.00. The van der Waals surface area contributed by atoms with Gasteiger partial charge >= 0.3 is 29.6 Å². The molecular weight excluding hydrogens is 219 g/mol. The molecule has 0 aliphatic carbocycles. The number of ether oxygens (including phenoxy) is 2. The van der Waals surface area contributed by atoms with Gasteiger partial charge in [-0.1, -0.05) is 13.0 Å². The van der Waals surface area contributed by atoms with E-state index in [2.05, 4.69) is 0 Å². The molecule has 5 heteroatoms. The van der Waals surface area contributed by atoms with Gasteiger partial charge in [0.2, 0.25) is 0 Å². The molecule has 0 unspecified atom stereocenters. The van der Waals surface area contributed by atoms with Crippen molar-refractivity contribution in [3.8, 4) is 11.5 Å². The monoisotopic (exact) mass is 232 g/mol. The van der Waals surface area contributed by atoms with Crippen LogP contribution < -0.4 is 44.1 Å². The molecular formula is C11H13NaO4. The Balaban J connectivity index is 0.00000225. The Kier molecular flexibility index (Phi) is 7.21. The van der Waals surface area contributed by atoms with Crippen LogP contribution in [0.25, 0.3) is 0 Å². The fraction of sp³-hybridized carbons (Fsp3) is 0.364. The van der Waals surface area contributed by atoms with Crippen LogP contribution in [-0.4, -0.2) is 19.7 Å². The third-order valence-electron chi connectivity index (χ3n) is 1.98. The first-order valence-electron chi connectivity index (χ1n) is 4.67. The third kappa shape index (κ3) is 4.43. The summed E-state index contributed by atoms with van der Waals surface area (Å²) in [5, 5.41) is 10.2. The Morgan fingerprint density at radius 1 is 1.38 bits per heavy atom. The van der Waals surface area contributed by atoms with Gasteiger partial charge in [-0.25, -0.2) is 0 Å². The summed E-state index contributed by atoms with van der Waals surface area (Å²) in [6, 6.07) is 5.39. The van der Waals surface area contributed by atoms with Gasteiger partial charge in [-0.05, 0) is 24.1 Å². The summed E-state index contributed by atoms with van der Waals surface area (Å²) >= 11 is 0. The maximum absolute atomic E-state index is 10.2. The predicted octanol–water partition coefficient (Wildman–Crippen LogP) is -2.61. The number of rotatable bonds is 5. The fourth-order valence-electron chi connectivity index (χ4n) is 1.19. The van der Waals surface area contributed by atoms with E-state index in [-0.39, 0.29) is 29.6 Å². The smallest absolute Gasteiger partial charge is 0.546 e. The molecule has 4 nitrogen and oxygen atoms in total. The van der Waals surface area contributed by atoms with E-state index in [1.165, 1.54) is 7.11 Å². The summed E-state index contributed by atoms with van der Waals surface area (Å²) in [6.45, 7) is 1.55. The Hall–Kier alpha value is -0.710. The molecule has 0 saturated heterocycles. The minimum absolute atomic E-state index is 0. The number of carbonyl (C=O) groups is 1. The second-order valence-corrected chi connectivity index (χ2v) is 3.00. The molecule has 0 aliphatic heterocycles. The van der Waals surface area contributed by atoms with E-state index in [4.69, 9.17) is 9.47 Å². The fourth-order valence-corrected chi connectivity index (χ4v) is 1.19. The van der Waals surface area contributed by atoms with Crippen molar-refractivity contribution in [2.75, 3.05) is 13.7 Å². The molecule has 0 atom stereocenters. The standard InChI is InChI=1S/C11H14O4.Na/c1-3-8-4-5-9(10(6-8)14-2)15-7-11(12)13;/h4-6H,3,7H2,1-2H3,(H,12,13);/q;+1/p-1. The number of methoxy groups -OCH3 is 1. The minimum Gasteiger partial charge on any atom is -0.546 e. The zero-order valence-corrected chi connectivity index (χ0v) is 11.8. The summed E-state index contributed by atoms with van der Waals surface area (Å²) < 4.78 is 10.1. The zero-order valence-electron chi connectivity index (χ0n) is 9.78. The molecule has 1 aromatic rings. The summed E-state index contributed by atoms with van der Waals surface area (Å²) in [5.41, 5.74) is 1.10. The van der Waals surface area contributed by atoms with Crippen molar-refractivity contribution < 1.29 is 48.9 Å². The van der Waals surface area contributed by atoms with E-state index in [1.807, 2.05) is 19.1 Å². The number of carboxylic acids is 1. The summed E-state index contributed by atoms with van der Waals surface area (Å²) in [5.74, 6) is -0.300. The molecule has 1 aromatic carbocycles. The van der Waals surface area contributed by atoms with Gasteiger partial charge in [0.25, 0.3) is 0 Å². The van der Waals surface area contributed by atoms with Gasteiger partial charge in [0, 0.05) is 0 Å². The normalized spacial score (nSPS) is 9.12. The van der Waals surface area contributed by atoms with Crippen LogP contribution in [0.1, 0.15) is 12.5 Å². The van der Waals surface area contributed by atoms with Crippen LogP contribution in [0, 0.1) is 0 Å². The first-order chi connectivity index (χ1) is 7.17.